The number of hydrogen-bond acceptors (Lipinski definition) is 5. The average molecular weight is 270 g/mol. The molecule has 0 saturated carbocycles. The van der Waals surface area contributed by atoms with Gasteiger partial charge < -0.3 is 5.73 Å². The molecule has 1 aromatic rings. The number of nitrogens with zero attached hydrogens (tertiary/aromatic N) is 3. The summed E-state index contributed by atoms with van der Waals surface area (Å²) in [5.41, 5.74) is 6.39. The average Bonchev–Trinajstić information content (AvgIpc) is 2.39. The van der Waals surface area contributed by atoms with Crippen molar-refractivity contribution in [2.45, 2.75) is 25.7 Å². The van der Waals surface area contributed by atoms with Gasteiger partial charge in [0.05, 0.1) is 11.4 Å². The first-order valence-corrected chi connectivity index (χ1v) is 7.70. The lowest BCUT2D eigenvalue weighted by Gasteiger charge is -2.31. The molecule has 2 heterocycles. The lowest BCUT2D eigenvalue weighted by Crippen LogP contribution is -2.40. The number of nitrogens with two attached hydrogens (primary N) is 1. The first kappa shape index (κ1) is 13.2. The molecule has 0 unspecified atom stereocenters. The van der Waals surface area contributed by atoms with Crippen LogP contribution in [0.4, 0.5) is 5.95 Å². The smallest absolute Gasteiger partial charge is 0.220 e. The summed E-state index contributed by atoms with van der Waals surface area (Å²) >= 11 is 0. The molecule has 2 rings (SSSR count). The Morgan fingerprint density at radius 1 is 1.56 bits per heavy atom. The lowest BCUT2D eigenvalue weighted by molar-refractivity contribution is 0.313. The van der Waals surface area contributed by atoms with Crippen molar-refractivity contribution in [3.8, 4) is 0 Å². The van der Waals surface area contributed by atoms with Gasteiger partial charge in [-0.1, -0.05) is 0 Å². The molecule has 0 amide bonds. The van der Waals surface area contributed by atoms with Gasteiger partial charge in [-0.2, -0.15) is 0 Å². The van der Waals surface area contributed by atoms with Gasteiger partial charge in [-0.3, -0.25) is 0 Å². The fourth-order valence-electron chi connectivity index (χ4n) is 2.23. The van der Waals surface area contributed by atoms with E-state index in [9.17, 15) is 8.42 Å². The molecular weight excluding hydrogens is 252 g/mol. The molecule has 0 spiro atoms. The number of piperidine rings is 1. The fraction of sp³-hybridized carbons (Fsp3) is 0.636. The van der Waals surface area contributed by atoms with E-state index in [1.807, 2.05) is 6.07 Å². The van der Waals surface area contributed by atoms with Crippen LogP contribution in [0.3, 0.4) is 0 Å². The normalized spacial score (nSPS) is 21.9. The maximum Gasteiger partial charge on any atom is 0.220 e. The van der Waals surface area contributed by atoms with Crippen molar-refractivity contribution in [1.29, 1.82) is 0 Å². The molecule has 0 aliphatic carbocycles. The zero-order valence-electron chi connectivity index (χ0n) is 10.4. The van der Waals surface area contributed by atoms with E-state index in [4.69, 9.17) is 5.73 Å². The summed E-state index contributed by atoms with van der Waals surface area (Å²) in [6.45, 7) is 2.77. The molecule has 1 aliphatic heterocycles. The summed E-state index contributed by atoms with van der Waals surface area (Å²) in [6.07, 6.45) is 3.41. The standard InChI is InChI=1S/C11H18N4O2S/c1-2-18(16,17)15-7-3-4-9(8-15)10-5-6-13-11(12)14-10/h5-6,9H,2-4,7-8H2,1H3,(H2,12,13,14)/t9-/m0/s1. The molecular formula is C11H18N4O2S. The van der Waals surface area contributed by atoms with Crippen LogP contribution in [-0.4, -0.2) is 41.5 Å². The van der Waals surface area contributed by atoms with Gasteiger partial charge in [0.25, 0.3) is 0 Å². The Kier molecular flexibility index (Phi) is 3.82. The minimum atomic E-state index is -3.11. The molecule has 1 saturated heterocycles. The highest BCUT2D eigenvalue weighted by molar-refractivity contribution is 7.89. The van der Waals surface area contributed by atoms with Crippen molar-refractivity contribution in [2.75, 3.05) is 24.6 Å². The van der Waals surface area contributed by atoms with E-state index in [2.05, 4.69) is 9.97 Å². The summed E-state index contributed by atoms with van der Waals surface area (Å²) in [6, 6.07) is 1.81. The molecule has 7 heteroatoms. The van der Waals surface area contributed by atoms with Crippen molar-refractivity contribution >= 4 is 16.0 Å². The van der Waals surface area contributed by atoms with E-state index in [-0.39, 0.29) is 17.6 Å². The topological polar surface area (TPSA) is 89.2 Å². The Morgan fingerprint density at radius 3 is 3.00 bits per heavy atom. The van der Waals surface area contributed by atoms with Crippen LogP contribution in [0.25, 0.3) is 0 Å². The molecule has 1 aromatic heterocycles. The maximum atomic E-state index is 11.9. The van der Waals surface area contributed by atoms with Gasteiger partial charge in [0.1, 0.15) is 0 Å². The first-order chi connectivity index (χ1) is 8.53. The van der Waals surface area contributed by atoms with Crippen molar-refractivity contribution in [3.63, 3.8) is 0 Å². The predicted octanol–water partition coefficient (Wildman–Crippen LogP) is 0.588. The Hall–Kier alpha value is -1.21. The summed E-state index contributed by atoms with van der Waals surface area (Å²) < 4.78 is 25.3. The van der Waals surface area contributed by atoms with Gasteiger partial charge in [0, 0.05) is 25.2 Å². The Balaban J connectivity index is 2.17. The van der Waals surface area contributed by atoms with Crippen molar-refractivity contribution in [3.05, 3.63) is 18.0 Å². The second-order valence-electron chi connectivity index (χ2n) is 4.44. The van der Waals surface area contributed by atoms with Gasteiger partial charge in [-0.05, 0) is 25.8 Å². The third-order valence-electron chi connectivity index (χ3n) is 3.26. The fourth-order valence-corrected chi connectivity index (χ4v) is 3.41. The molecule has 1 atom stereocenters. The number of rotatable bonds is 3. The van der Waals surface area contributed by atoms with Crippen LogP contribution in [-0.2, 0) is 10.0 Å². The van der Waals surface area contributed by atoms with Crippen LogP contribution in [0.5, 0.6) is 0 Å². The summed E-state index contributed by atoms with van der Waals surface area (Å²) in [5, 5.41) is 0. The zero-order chi connectivity index (χ0) is 13.2. The number of sulfonamides is 1. The first-order valence-electron chi connectivity index (χ1n) is 6.09. The number of anilines is 1. The highest BCUT2D eigenvalue weighted by Crippen LogP contribution is 2.27. The Bertz CT molecular complexity index is 518. The van der Waals surface area contributed by atoms with Crippen molar-refractivity contribution in [1.82, 2.24) is 14.3 Å². The quantitative estimate of drug-likeness (QED) is 0.868. The maximum absolute atomic E-state index is 11.9. The van der Waals surface area contributed by atoms with E-state index in [0.29, 0.717) is 13.1 Å². The van der Waals surface area contributed by atoms with Gasteiger partial charge in [0.2, 0.25) is 16.0 Å². The summed E-state index contributed by atoms with van der Waals surface area (Å²) in [5.74, 6) is 0.499. The predicted molar refractivity (Wildman–Crippen MR) is 69.5 cm³/mol. The van der Waals surface area contributed by atoms with E-state index in [1.54, 1.807) is 17.4 Å². The van der Waals surface area contributed by atoms with E-state index < -0.39 is 10.0 Å². The molecule has 0 radical (unpaired) electrons. The molecule has 0 bridgehead atoms. The Labute approximate surface area is 107 Å². The highest BCUT2D eigenvalue weighted by atomic mass is 32.2. The van der Waals surface area contributed by atoms with Gasteiger partial charge in [-0.25, -0.2) is 22.7 Å². The molecule has 18 heavy (non-hydrogen) atoms. The largest absolute Gasteiger partial charge is 0.368 e. The minimum Gasteiger partial charge on any atom is -0.368 e. The second kappa shape index (κ2) is 5.19. The van der Waals surface area contributed by atoms with Gasteiger partial charge in [-0.15, -0.1) is 0 Å². The summed E-state index contributed by atoms with van der Waals surface area (Å²) in [7, 11) is -3.11. The molecule has 1 fully saturated rings. The second-order valence-corrected chi connectivity index (χ2v) is 6.70. The Morgan fingerprint density at radius 2 is 2.33 bits per heavy atom. The van der Waals surface area contributed by atoms with E-state index in [1.165, 1.54) is 0 Å². The zero-order valence-corrected chi connectivity index (χ0v) is 11.2. The van der Waals surface area contributed by atoms with Gasteiger partial charge in [0.15, 0.2) is 0 Å². The van der Waals surface area contributed by atoms with Crippen molar-refractivity contribution < 1.29 is 8.42 Å². The summed E-state index contributed by atoms with van der Waals surface area (Å²) in [4.78, 5) is 8.04. The van der Waals surface area contributed by atoms with Gasteiger partial charge >= 0.3 is 0 Å². The van der Waals surface area contributed by atoms with Crippen molar-refractivity contribution in [2.24, 2.45) is 0 Å². The third kappa shape index (κ3) is 2.78. The van der Waals surface area contributed by atoms with Crippen LogP contribution in [0.15, 0.2) is 12.3 Å². The van der Waals surface area contributed by atoms with Crippen LogP contribution in [0, 0.1) is 0 Å². The molecule has 1 aliphatic rings. The minimum absolute atomic E-state index is 0.116. The third-order valence-corrected chi connectivity index (χ3v) is 5.10. The number of hydrogen-bond donors (Lipinski definition) is 1. The van der Waals surface area contributed by atoms with Crippen LogP contribution < -0.4 is 5.73 Å². The molecule has 6 nitrogen and oxygen atoms in total. The monoisotopic (exact) mass is 270 g/mol. The van der Waals surface area contributed by atoms with E-state index >= 15 is 0 Å². The van der Waals surface area contributed by atoms with Crippen LogP contribution in [0.2, 0.25) is 0 Å². The molecule has 2 N–H and O–H groups in total. The SMILES string of the molecule is CCS(=O)(=O)N1CCC[C@H](c2ccnc(N)n2)C1. The van der Waals surface area contributed by atoms with Crippen LogP contribution >= 0.6 is 0 Å². The lowest BCUT2D eigenvalue weighted by atomic mass is 9.96. The highest BCUT2D eigenvalue weighted by Gasteiger charge is 2.29. The van der Waals surface area contributed by atoms with Crippen LogP contribution in [0.1, 0.15) is 31.4 Å². The molecule has 0 aromatic carbocycles. The number of aromatic nitrogens is 2. The van der Waals surface area contributed by atoms with E-state index in [0.717, 1.165) is 18.5 Å². The molecule has 100 valence electrons. The number of nitrogen functional groups attached to an aromatic ring is 1.